The van der Waals surface area contributed by atoms with Crippen LogP contribution >= 0.6 is 11.8 Å². The first-order valence-corrected chi connectivity index (χ1v) is 12.8. The predicted octanol–water partition coefficient (Wildman–Crippen LogP) is 5.27. The van der Waals surface area contributed by atoms with Crippen molar-refractivity contribution >= 4 is 28.8 Å². The molecule has 2 heterocycles. The van der Waals surface area contributed by atoms with Crippen LogP contribution in [0.4, 0.5) is 0 Å². The highest BCUT2D eigenvalue weighted by molar-refractivity contribution is 8.15. The summed E-state index contributed by atoms with van der Waals surface area (Å²) in [6.07, 6.45) is 0.673. The molecule has 1 fully saturated rings. The number of esters is 1. The molecule has 7 nitrogen and oxygen atoms in total. The predicted molar refractivity (Wildman–Crippen MR) is 136 cm³/mol. The molecular weight excluding hydrogens is 464 g/mol. The zero-order chi connectivity index (χ0) is 24.9. The van der Waals surface area contributed by atoms with E-state index < -0.39 is 12.0 Å². The first-order chi connectivity index (χ1) is 17.0. The van der Waals surface area contributed by atoms with E-state index >= 15 is 0 Å². The lowest BCUT2D eigenvalue weighted by Crippen LogP contribution is -2.40. The van der Waals surface area contributed by atoms with Crippen molar-refractivity contribution in [2.45, 2.75) is 52.0 Å². The Bertz CT molecular complexity index is 1160. The number of aliphatic imine (C=N–C) groups is 1. The van der Waals surface area contributed by atoms with E-state index in [0.717, 1.165) is 11.1 Å². The molecule has 184 valence electrons. The quantitative estimate of drug-likeness (QED) is 0.442. The maximum atomic E-state index is 13.4. The van der Waals surface area contributed by atoms with Gasteiger partial charge in [0, 0.05) is 0 Å². The van der Waals surface area contributed by atoms with Gasteiger partial charge in [-0.25, -0.2) is 9.79 Å². The first kappa shape index (κ1) is 24.9. The van der Waals surface area contributed by atoms with Crippen LogP contribution in [-0.4, -0.2) is 40.4 Å². The van der Waals surface area contributed by atoms with Gasteiger partial charge in [-0.15, -0.1) is 0 Å². The Labute approximate surface area is 210 Å². The van der Waals surface area contributed by atoms with Crippen LogP contribution < -0.4 is 9.47 Å². The number of thioether (sulfide) groups is 1. The third kappa shape index (κ3) is 5.07. The molecule has 0 saturated carbocycles. The molecule has 0 aromatic heterocycles. The van der Waals surface area contributed by atoms with Crippen LogP contribution in [0.1, 0.15) is 51.3 Å². The smallest absolute Gasteiger partial charge is 0.338 e. The van der Waals surface area contributed by atoms with Crippen LogP contribution in [-0.2, 0) is 20.9 Å². The highest BCUT2D eigenvalue weighted by Crippen LogP contribution is 2.45. The lowest BCUT2D eigenvalue weighted by atomic mass is 9.93. The van der Waals surface area contributed by atoms with E-state index in [0.29, 0.717) is 47.6 Å². The second-order valence-electron chi connectivity index (χ2n) is 8.15. The maximum Gasteiger partial charge on any atom is 0.338 e. The average molecular weight is 495 g/mol. The van der Waals surface area contributed by atoms with E-state index in [9.17, 15) is 9.59 Å². The van der Waals surface area contributed by atoms with E-state index in [1.807, 2.05) is 69.3 Å². The van der Waals surface area contributed by atoms with Gasteiger partial charge in [0.2, 0.25) is 5.91 Å². The maximum absolute atomic E-state index is 13.4. The molecule has 2 aliphatic rings. The fourth-order valence-electron chi connectivity index (χ4n) is 4.20. The van der Waals surface area contributed by atoms with E-state index in [2.05, 4.69) is 4.99 Å². The van der Waals surface area contributed by atoms with E-state index in [-0.39, 0.29) is 17.8 Å². The standard InChI is InChI=1S/C27H30N2O5S/c1-5-22-25(30)29-24(19-13-14-20(32-6-2)21(15-19)33-7-3)23(17(4)28-27(29)35-22)26(31)34-16-18-11-9-8-10-12-18/h8-15,22,24H,5-7,16H2,1-4H3. The molecule has 8 heteroatoms. The molecule has 2 atom stereocenters. The summed E-state index contributed by atoms with van der Waals surface area (Å²) in [6, 6.07) is 14.4. The number of carbonyl (C=O) groups excluding carboxylic acids is 2. The second-order valence-corrected chi connectivity index (χ2v) is 9.32. The third-order valence-corrected chi connectivity index (χ3v) is 7.16. The molecule has 2 aromatic rings. The lowest BCUT2D eigenvalue weighted by Gasteiger charge is -2.33. The minimum Gasteiger partial charge on any atom is -0.490 e. The van der Waals surface area contributed by atoms with Crippen LogP contribution in [0.3, 0.4) is 0 Å². The van der Waals surface area contributed by atoms with Gasteiger partial charge in [-0.05, 0) is 50.5 Å². The largest absolute Gasteiger partial charge is 0.490 e. The number of rotatable bonds is 9. The summed E-state index contributed by atoms with van der Waals surface area (Å²) in [5, 5.41) is 0.369. The van der Waals surface area contributed by atoms with E-state index in [1.165, 1.54) is 11.8 Å². The second kappa shape index (κ2) is 11.0. The molecule has 1 amide bonds. The van der Waals surface area contributed by atoms with Crippen LogP contribution in [0.2, 0.25) is 0 Å². The van der Waals surface area contributed by atoms with Gasteiger partial charge in [0.05, 0.1) is 35.8 Å². The molecule has 0 spiro atoms. The Morgan fingerprint density at radius 3 is 2.43 bits per heavy atom. The van der Waals surface area contributed by atoms with Crippen molar-refractivity contribution in [2.75, 3.05) is 13.2 Å². The number of nitrogens with zero attached hydrogens (tertiary/aromatic N) is 2. The number of hydrogen-bond donors (Lipinski definition) is 0. The Kier molecular flexibility index (Phi) is 7.80. The van der Waals surface area contributed by atoms with E-state index in [4.69, 9.17) is 14.2 Å². The summed E-state index contributed by atoms with van der Waals surface area (Å²) in [6.45, 7) is 8.66. The molecule has 0 N–H and O–H groups in total. The number of ether oxygens (including phenoxy) is 3. The van der Waals surface area contributed by atoms with Gasteiger partial charge in [-0.1, -0.05) is 55.1 Å². The lowest BCUT2D eigenvalue weighted by molar-refractivity contribution is -0.141. The number of carbonyl (C=O) groups is 2. The molecule has 4 rings (SSSR count). The number of hydrogen-bond acceptors (Lipinski definition) is 7. The molecule has 35 heavy (non-hydrogen) atoms. The van der Waals surface area contributed by atoms with Crippen LogP contribution in [0.25, 0.3) is 0 Å². The van der Waals surface area contributed by atoms with Crippen molar-refractivity contribution in [3.8, 4) is 11.5 Å². The van der Waals surface area contributed by atoms with Crippen molar-refractivity contribution < 1.29 is 23.8 Å². The van der Waals surface area contributed by atoms with Crippen molar-refractivity contribution in [3.63, 3.8) is 0 Å². The molecule has 2 unspecified atom stereocenters. The number of amidine groups is 1. The van der Waals surface area contributed by atoms with Crippen LogP contribution in [0.15, 0.2) is 64.8 Å². The third-order valence-electron chi connectivity index (χ3n) is 5.84. The van der Waals surface area contributed by atoms with Gasteiger partial charge in [0.25, 0.3) is 0 Å². The monoisotopic (exact) mass is 494 g/mol. The van der Waals surface area contributed by atoms with Gasteiger partial charge >= 0.3 is 5.97 Å². The molecule has 0 bridgehead atoms. The zero-order valence-electron chi connectivity index (χ0n) is 20.4. The first-order valence-electron chi connectivity index (χ1n) is 11.9. The van der Waals surface area contributed by atoms with Crippen molar-refractivity contribution in [2.24, 2.45) is 4.99 Å². The fourth-order valence-corrected chi connectivity index (χ4v) is 5.34. The summed E-state index contributed by atoms with van der Waals surface area (Å²) in [5.74, 6) is 0.625. The molecule has 2 aromatic carbocycles. The summed E-state index contributed by atoms with van der Waals surface area (Å²) in [4.78, 5) is 33.1. The fraction of sp³-hybridized carbons (Fsp3) is 0.370. The Hall–Kier alpha value is -3.26. The minimum atomic E-state index is -0.669. The van der Waals surface area contributed by atoms with Crippen molar-refractivity contribution in [1.82, 2.24) is 4.90 Å². The molecule has 1 saturated heterocycles. The molecular formula is C27H30N2O5S. The van der Waals surface area contributed by atoms with Crippen LogP contribution in [0.5, 0.6) is 11.5 Å². The summed E-state index contributed by atoms with van der Waals surface area (Å²) < 4.78 is 17.3. The Morgan fingerprint density at radius 1 is 1.03 bits per heavy atom. The number of amides is 1. The van der Waals surface area contributed by atoms with E-state index in [1.54, 1.807) is 11.8 Å². The molecule has 0 aliphatic carbocycles. The van der Waals surface area contributed by atoms with Gasteiger partial charge in [0.1, 0.15) is 6.61 Å². The highest BCUT2D eigenvalue weighted by atomic mass is 32.2. The van der Waals surface area contributed by atoms with Gasteiger partial charge in [-0.2, -0.15) is 0 Å². The number of fused-ring (bicyclic) bond motifs is 1. The SMILES string of the molecule is CCOc1ccc(C2C(C(=O)OCc3ccccc3)=C(C)N=C3SC(CC)C(=O)N32)cc1OCC. The van der Waals surface area contributed by atoms with Crippen LogP contribution in [0, 0.1) is 0 Å². The summed E-state index contributed by atoms with van der Waals surface area (Å²) >= 11 is 1.44. The summed E-state index contributed by atoms with van der Waals surface area (Å²) in [5.41, 5.74) is 2.51. The van der Waals surface area contributed by atoms with Crippen molar-refractivity contribution in [1.29, 1.82) is 0 Å². The zero-order valence-corrected chi connectivity index (χ0v) is 21.3. The Balaban J connectivity index is 1.75. The topological polar surface area (TPSA) is 77.4 Å². The van der Waals surface area contributed by atoms with Gasteiger partial charge < -0.3 is 14.2 Å². The Morgan fingerprint density at radius 2 is 1.74 bits per heavy atom. The normalized spacial score (nSPS) is 19.4. The highest BCUT2D eigenvalue weighted by Gasteiger charge is 2.47. The minimum absolute atomic E-state index is 0.0612. The van der Waals surface area contributed by atoms with Gasteiger partial charge in [-0.3, -0.25) is 9.69 Å². The average Bonchev–Trinajstić information content (AvgIpc) is 3.18. The van der Waals surface area contributed by atoms with Crippen molar-refractivity contribution in [3.05, 3.63) is 70.9 Å². The number of allylic oxidation sites excluding steroid dienone is 1. The molecule has 0 radical (unpaired) electrons. The number of benzene rings is 2. The summed E-state index contributed by atoms with van der Waals surface area (Å²) in [7, 11) is 0. The molecule has 2 aliphatic heterocycles. The van der Waals surface area contributed by atoms with Gasteiger partial charge in [0.15, 0.2) is 16.7 Å².